The van der Waals surface area contributed by atoms with Crippen molar-refractivity contribution in [2.45, 2.75) is 51.5 Å². The molecule has 0 saturated heterocycles. The SMILES string of the molecule is CC1CCC(C(C)(C)c2ccsc2)C(N)C1. The monoisotopic (exact) mass is 237 g/mol. The molecular weight excluding hydrogens is 214 g/mol. The second-order valence-corrected chi connectivity index (χ2v) is 6.70. The Labute approximate surface area is 103 Å². The minimum atomic E-state index is 0.236. The molecule has 90 valence electrons. The molecule has 2 heteroatoms. The summed E-state index contributed by atoms with van der Waals surface area (Å²) in [4.78, 5) is 0. The quantitative estimate of drug-likeness (QED) is 0.832. The van der Waals surface area contributed by atoms with Crippen LogP contribution in [0.3, 0.4) is 0 Å². The van der Waals surface area contributed by atoms with Gasteiger partial charge in [0.1, 0.15) is 0 Å². The Bertz CT molecular complexity index is 329. The number of hydrogen-bond donors (Lipinski definition) is 1. The van der Waals surface area contributed by atoms with Crippen molar-refractivity contribution >= 4 is 11.3 Å². The minimum Gasteiger partial charge on any atom is -0.327 e. The molecule has 1 aliphatic rings. The van der Waals surface area contributed by atoms with Crippen LogP contribution in [-0.4, -0.2) is 6.04 Å². The van der Waals surface area contributed by atoms with Crippen LogP contribution in [0.25, 0.3) is 0 Å². The van der Waals surface area contributed by atoms with Gasteiger partial charge in [-0.1, -0.05) is 27.2 Å². The largest absolute Gasteiger partial charge is 0.327 e. The number of hydrogen-bond acceptors (Lipinski definition) is 2. The lowest BCUT2D eigenvalue weighted by Gasteiger charge is -2.42. The first-order valence-electron chi connectivity index (χ1n) is 6.30. The van der Waals surface area contributed by atoms with Crippen molar-refractivity contribution in [3.8, 4) is 0 Å². The number of nitrogens with two attached hydrogens (primary N) is 1. The van der Waals surface area contributed by atoms with E-state index in [2.05, 4.69) is 37.6 Å². The molecule has 1 aromatic heterocycles. The maximum atomic E-state index is 6.37. The van der Waals surface area contributed by atoms with Crippen molar-refractivity contribution in [2.75, 3.05) is 0 Å². The molecule has 3 atom stereocenters. The highest BCUT2D eigenvalue weighted by molar-refractivity contribution is 7.08. The molecule has 2 rings (SSSR count). The average Bonchev–Trinajstić information content (AvgIpc) is 2.69. The molecule has 3 unspecified atom stereocenters. The van der Waals surface area contributed by atoms with Gasteiger partial charge < -0.3 is 5.73 Å². The van der Waals surface area contributed by atoms with Crippen molar-refractivity contribution in [3.63, 3.8) is 0 Å². The number of thiophene rings is 1. The lowest BCUT2D eigenvalue weighted by Crippen LogP contribution is -2.45. The summed E-state index contributed by atoms with van der Waals surface area (Å²) >= 11 is 1.79. The molecule has 16 heavy (non-hydrogen) atoms. The summed E-state index contributed by atoms with van der Waals surface area (Å²) in [6, 6.07) is 2.63. The first-order valence-corrected chi connectivity index (χ1v) is 7.24. The molecule has 0 aromatic carbocycles. The summed E-state index contributed by atoms with van der Waals surface area (Å²) in [5.41, 5.74) is 8.07. The van der Waals surface area contributed by atoms with Gasteiger partial charge in [-0.05, 0) is 52.5 Å². The topological polar surface area (TPSA) is 26.0 Å². The fraction of sp³-hybridized carbons (Fsp3) is 0.714. The molecule has 1 nitrogen and oxygen atoms in total. The summed E-state index contributed by atoms with van der Waals surface area (Å²) in [5.74, 6) is 1.45. The van der Waals surface area contributed by atoms with E-state index in [0.29, 0.717) is 12.0 Å². The Hall–Kier alpha value is -0.340. The van der Waals surface area contributed by atoms with Crippen LogP contribution >= 0.6 is 11.3 Å². The second kappa shape index (κ2) is 4.50. The highest BCUT2D eigenvalue weighted by Crippen LogP contribution is 2.42. The van der Waals surface area contributed by atoms with Gasteiger partial charge >= 0.3 is 0 Å². The lowest BCUT2D eigenvalue weighted by molar-refractivity contribution is 0.171. The van der Waals surface area contributed by atoms with Crippen LogP contribution in [0, 0.1) is 11.8 Å². The molecule has 1 saturated carbocycles. The van der Waals surface area contributed by atoms with E-state index >= 15 is 0 Å². The second-order valence-electron chi connectivity index (χ2n) is 5.92. The van der Waals surface area contributed by atoms with Crippen molar-refractivity contribution in [1.29, 1.82) is 0 Å². The summed E-state index contributed by atoms with van der Waals surface area (Å²) in [5, 5.41) is 4.46. The van der Waals surface area contributed by atoms with Crippen LogP contribution < -0.4 is 5.73 Å². The zero-order chi connectivity index (χ0) is 11.8. The summed E-state index contributed by atoms with van der Waals surface area (Å²) in [7, 11) is 0. The fourth-order valence-electron chi connectivity index (χ4n) is 3.17. The molecular formula is C14H23NS. The molecule has 1 heterocycles. The maximum Gasteiger partial charge on any atom is 0.00780 e. The predicted octanol–water partition coefficient (Wildman–Crippen LogP) is 3.79. The van der Waals surface area contributed by atoms with E-state index in [-0.39, 0.29) is 5.41 Å². The van der Waals surface area contributed by atoms with E-state index < -0.39 is 0 Å². The molecule has 0 spiro atoms. The van der Waals surface area contributed by atoms with Gasteiger partial charge in [0, 0.05) is 6.04 Å². The summed E-state index contributed by atoms with van der Waals surface area (Å²) in [6.07, 6.45) is 3.81. The van der Waals surface area contributed by atoms with E-state index in [0.717, 1.165) is 5.92 Å². The Morgan fingerprint density at radius 3 is 2.69 bits per heavy atom. The Kier molecular flexibility index (Phi) is 3.41. The third-order valence-electron chi connectivity index (χ3n) is 4.35. The van der Waals surface area contributed by atoms with Gasteiger partial charge in [0.15, 0.2) is 0 Å². The first kappa shape index (κ1) is 12.1. The molecule has 1 aliphatic carbocycles. The Morgan fingerprint density at radius 2 is 2.12 bits per heavy atom. The zero-order valence-corrected chi connectivity index (χ0v) is 11.4. The molecule has 1 aromatic rings. The maximum absolute atomic E-state index is 6.37. The van der Waals surface area contributed by atoms with E-state index in [1.54, 1.807) is 11.3 Å². The van der Waals surface area contributed by atoms with Crippen molar-refractivity contribution < 1.29 is 0 Å². The van der Waals surface area contributed by atoms with Crippen LogP contribution in [0.1, 0.15) is 45.6 Å². The van der Waals surface area contributed by atoms with Gasteiger partial charge in [-0.15, -0.1) is 0 Å². The minimum absolute atomic E-state index is 0.236. The smallest absolute Gasteiger partial charge is 0.00780 e. The average molecular weight is 237 g/mol. The first-order chi connectivity index (χ1) is 7.51. The molecule has 0 bridgehead atoms. The third-order valence-corrected chi connectivity index (χ3v) is 5.04. The van der Waals surface area contributed by atoms with Crippen LogP contribution in [0.2, 0.25) is 0 Å². The van der Waals surface area contributed by atoms with Gasteiger partial charge in [0.2, 0.25) is 0 Å². The standard InChI is InChI=1S/C14H23NS/c1-10-4-5-12(13(15)8-10)14(2,3)11-6-7-16-9-11/h6-7,9-10,12-13H,4-5,8,15H2,1-3H3. The van der Waals surface area contributed by atoms with Gasteiger partial charge in [-0.3, -0.25) is 0 Å². The van der Waals surface area contributed by atoms with Gasteiger partial charge in [-0.2, -0.15) is 11.3 Å². The predicted molar refractivity (Wildman–Crippen MR) is 71.8 cm³/mol. The lowest BCUT2D eigenvalue weighted by atomic mass is 9.64. The van der Waals surface area contributed by atoms with Crippen LogP contribution in [-0.2, 0) is 5.41 Å². The molecule has 1 fully saturated rings. The molecule has 2 N–H and O–H groups in total. The van der Waals surface area contributed by atoms with Gasteiger partial charge in [0.25, 0.3) is 0 Å². The van der Waals surface area contributed by atoms with Crippen LogP contribution in [0.4, 0.5) is 0 Å². The molecule has 0 amide bonds. The summed E-state index contributed by atoms with van der Waals surface area (Å²) in [6.45, 7) is 7.04. The highest BCUT2D eigenvalue weighted by atomic mass is 32.1. The Morgan fingerprint density at radius 1 is 1.38 bits per heavy atom. The molecule has 0 aliphatic heterocycles. The van der Waals surface area contributed by atoms with Crippen molar-refractivity contribution in [2.24, 2.45) is 17.6 Å². The van der Waals surface area contributed by atoms with Gasteiger partial charge in [-0.25, -0.2) is 0 Å². The molecule has 0 radical (unpaired) electrons. The number of rotatable bonds is 2. The zero-order valence-electron chi connectivity index (χ0n) is 10.6. The van der Waals surface area contributed by atoms with Gasteiger partial charge in [0.05, 0.1) is 0 Å². The normalized spacial score (nSPS) is 31.6. The van der Waals surface area contributed by atoms with E-state index in [4.69, 9.17) is 5.73 Å². The van der Waals surface area contributed by atoms with E-state index in [9.17, 15) is 0 Å². The fourth-order valence-corrected chi connectivity index (χ4v) is 4.00. The van der Waals surface area contributed by atoms with E-state index in [1.165, 1.54) is 24.8 Å². The Balaban J connectivity index is 2.17. The highest BCUT2D eigenvalue weighted by Gasteiger charge is 2.38. The summed E-state index contributed by atoms with van der Waals surface area (Å²) < 4.78 is 0. The van der Waals surface area contributed by atoms with Crippen molar-refractivity contribution in [3.05, 3.63) is 22.4 Å². The third kappa shape index (κ3) is 2.18. The van der Waals surface area contributed by atoms with Crippen LogP contribution in [0.15, 0.2) is 16.8 Å². The van der Waals surface area contributed by atoms with Crippen LogP contribution in [0.5, 0.6) is 0 Å². The van der Waals surface area contributed by atoms with Crippen molar-refractivity contribution in [1.82, 2.24) is 0 Å². The van der Waals surface area contributed by atoms with E-state index in [1.807, 2.05) is 0 Å².